The number of nitrogens with one attached hydrogen (secondary N) is 1. The Bertz CT molecular complexity index is 344. The van der Waals surface area contributed by atoms with E-state index in [1.807, 2.05) is 37.3 Å². The summed E-state index contributed by atoms with van der Waals surface area (Å²) in [7, 11) is 0. The highest BCUT2D eigenvalue weighted by Gasteiger charge is 2.02. The number of anilines is 1. The van der Waals surface area contributed by atoms with Crippen LogP contribution >= 0.6 is 0 Å². The largest absolute Gasteiger partial charge is 0.478 e. The molecule has 1 aromatic rings. The molecule has 0 saturated heterocycles. The van der Waals surface area contributed by atoms with Crippen LogP contribution in [0.5, 0.6) is 0 Å². The summed E-state index contributed by atoms with van der Waals surface area (Å²) < 4.78 is 0. The quantitative estimate of drug-likeness (QED) is 0.726. The van der Waals surface area contributed by atoms with Crippen molar-refractivity contribution >= 4 is 11.7 Å². The smallest absolute Gasteiger partial charge is 0.331 e. The Morgan fingerprint density at radius 3 is 2.60 bits per heavy atom. The van der Waals surface area contributed by atoms with Gasteiger partial charge in [0.2, 0.25) is 0 Å². The van der Waals surface area contributed by atoms with Crippen molar-refractivity contribution in [1.82, 2.24) is 0 Å². The van der Waals surface area contributed by atoms with Gasteiger partial charge < -0.3 is 10.4 Å². The third-order valence-corrected chi connectivity index (χ3v) is 2.08. The van der Waals surface area contributed by atoms with E-state index >= 15 is 0 Å². The summed E-state index contributed by atoms with van der Waals surface area (Å²) in [5.41, 5.74) is 1.44. The van der Waals surface area contributed by atoms with Gasteiger partial charge in [0.05, 0.1) is 0 Å². The van der Waals surface area contributed by atoms with Crippen LogP contribution in [0.15, 0.2) is 42.0 Å². The molecule has 3 heteroatoms. The summed E-state index contributed by atoms with van der Waals surface area (Å²) in [5, 5.41) is 11.9. The Labute approximate surface area is 89.4 Å². The van der Waals surface area contributed by atoms with Crippen molar-refractivity contribution in [2.45, 2.75) is 13.3 Å². The summed E-state index contributed by atoms with van der Waals surface area (Å²) in [4.78, 5) is 10.7. The Hall–Kier alpha value is -1.77. The minimum absolute atomic E-state index is 0.443. The first-order valence-corrected chi connectivity index (χ1v) is 4.95. The lowest BCUT2D eigenvalue weighted by atomic mass is 10.2. The summed E-state index contributed by atoms with van der Waals surface area (Å²) >= 11 is 0. The van der Waals surface area contributed by atoms with Gasteiger partial charge in [-0.05, 0) is 18.6 Å². The van der Waals surface area contributed by atoms with Crippen molar-refractivity contribution in [3.05, 3.63) is 42.0 Å². The monoisotopic (exact) mass is 205 g/mol. The van der Waals surface area contributed by atoms with Crippen LogP contribution in [0.2, 0.25) is 0 Å². The molecule has 80 valence electrons. The zero-order valence-electron chi connectivity index (χ0n) is 8.73. The number of aliphatic carboxylic acids is 1. The lowest BCUT2D eigenvalue weighted by molar-refractivity contribution is -0.132. The number of carboxylic acids is 1. The summed E-state index contributed by atoms with van der Waals surface area (Å²) in [6.45, 7) is 2.38. The zero-order valence-corrected chi connectivity index (χ0v) is 8.73. The second-order valence-corrected chi connectivity index (χ2v) is 3.13. The van der Waals surface area contributed by atoms with Gasteiger partial charge in [-0.25, -0.2) is 4.79 Å². The maximum Gasteiger partial charge on any atom is 0.331 e. The molecule has 0 fully saturated rings. The Kier molecular flexibility index (Phi) is 4.41. The normalized spacial score (nSPS) is 11.1. The van der Waals surface area contributed by atoms with Crippen LogP contribution in [0.4, 0.5) is 5.69 Å². The number of hydrogen-bond donors (Lipinski definition) is 2. The van der Waals surface area contributed by atoms with E-state index in [0.29, 0.717) is 18.5 Å². The van der Waals surface area contributed by atoms with Gasteiger partial charge in [-0.3, -0.25) is 0 Å². The molecule has 0 aliphatic heterocycles. The van der Waals surface area contributed by atoms with E-state index in [4.69, 9.17) is 5.11 Å². The predicted molar refractivity (Wildman–Crippen MR) is 60.9 cm³/mol. The highest BCUT2D eigenvalue weighted by atomic mass is 16.4. The molecular formula is C12H15NO2. The lowest BCUT2D eigenvalue weighted by Gasteiger charge is -2.03. The van der Waals surface area contributed by atoms with Crippen LogP contribution in [0.1, 0.15) is 13.3 Å². The average molecular weight is 205 g/mol. The van der Waals surface area contributed by atoms with Gasteiger partial charge in [0.1, 0.15) is 0 Å². The predicted octanol–water partition coefficient (Wildman–Crippen LogP) is 2.52. The summed E-state index contributed by atoms with van der Waals surface area (Å²) in [5.74, 6) is -0.840. The van der Waals surface area contributed by atoms with Crippen LogP contribution in [0.3, 0.4) is 0 Å². The number of hydrogen-bond acceptors (Lipinski definition) is 2. The van der Waals surface area contributed by atoms with Gasteiger partial charge in [-0.15, -0.1) is 0 Å². The highest BCUT2D eigenvalue weighted by Crippen LogP contribution is 2.05. The molecule has 0 atom stereocenters. The third-order valence-electron chi connectivity index (χ3n) is 2.08. The minimum Gasteiger partial charge on any atom is -0.478 e. The van der Waals surface area contributed by atoms with E-state index in [1.54, 1.807) is 6.08 Å². The molecule has 0 spiro atoms. The molecule has 0 aromatic heterocycles. The van der Waals surface area contributed by atoms with E-state index in [-0.39, 0.29) is 0 Å². The SMILES string of the molecule is CC/C(=C/CNc1ccccc1)C(=O)O. The van der Waals surface area contributed by atoms with Gasteiger partial charge in [0.15, 0.2) is 0 Å². The van der Waals surface area contributed by atoms with Crippen LogP contribution in [-0.4, -0.2) is 17.6 Å². The van der Waals surface area contributed by atoms with Crippen molar-refractivity contribution < 1.29 is 9.90 Å². The van der Waals surface area contributed by atoms with E-state index in [1.165, 1.54) is 0 Å². The highest BCUT2D eigenvalue weighted by molar-refractivity contribution is 5.86. The van der Waals surface area contributed by atoms with Gasteiger partial charge >= 0.3 is 5.97 Å². The van der Waals surface area contributed by atoms with E-state index in [9.17, 15) is 4.79 Å². The molecule has 3 nitrogen and oxygen atoms in total. The second kappa shape index (κ2) is 5.86. The van der Waals surface area contributed by atoms with Crippen LogP contribution in [0.25, 0.3) is 0 Å². The molecule has 0 amide bonds. The maximum absolute atomic E-state index is 10.7. The van der Waals surface area contributed by atoms with Crippen LogP contribution < -0.4 is 5.32 Å². The molecule has 0 radical (unpaired) electrons. The van der Waals surface area contributed by atoms with E-state index < -0.39 is 5.97 Å². The van der Waals surface area contributed by atoms with Gasteiger partial charge in [0.25, 0.3) is 0 Å². The van der Waals surface area contributed by atoms with Crippen molar-refractivity contribution in [2.75, 3.05) is 11.9 Å². The standard InChI is InChI=1S/C12H15NO2/c1-2-10(12(14)15)8-9-13-11-6-4-3-5-7-11/h3-8,13H,2,9H2,1H3,(H,14,15)/b10-8-. The number of benzene rings is 1. The fraction of sp³-hybridized carbons (Fsp3) is 0.250. The molecule has 0 aliphatic rings. The number of para-hydroxylation sites is 1. The van der Waals surface area contributed by atoms with Crippen LogP contribution in [-0.2, 0) is 4.79 Å². The molecule has 1 rings (SSSR count). The van der Waals surface area contributed by atoms with E-state index in [0.717, 1.165) is 5.69 Å². The fourth-order valence-electron chi connectivity index (χ4n) is 1.23. The molecule has 0 aliphatic carbocycles. The minimum atomic E-state index is -0.840. The molecule has 2 N–H and O–H groups in total. The second-order valence-electron chi connectivity index (χ2n) is 3.13. The number of carbonyl (C=O) groups is 1. The topological polar surface area (TPSA) is 49.3 Å². The first kappa shape index (κ1) is 11.3. The Balaban J connectivity index is 2.48. The zero-order chi connectivity index (χ0) is 11.1. The third kappa shape index (κ3) is 3.85. The van der Waals surface area contributed by atoms with Crippen molar-refractivity contribution in [3.63, 3.8) is 0 Å². The van der Waals surface area contributed by atoms with Gasteiger partial charge in [0, 0.05) is 17.8 Å². The maximum atomic E-state index is 10.7. The molecule has 1 aromatic carbocycles. The number of rotatable bonds is 5. The molecule has 0 bridgehead atoms. The molecule has 0 saturated carbocycles. The van der Waals surface area contributed by atoms with E-state index in [2.05, 4.69) is 5.32 Å². The Morgan fingerprint density at radius 1 is 1.40 bits per heavy atom. The summed E-state index contributed by atoms with van der Waals surface area (Å²) in [6, 6.07) is 9.70. The van der Waals surface area contributed by atoms with Crippen LogP contribution in [0, 0.1) is 0 Å². The molecule has 0 heterocycles. The lowest BCUT2D eigenvalue weighted by Crippen LogP contribution is -2.04. The van der Waals surface area contributed by atoms with Gasteiger partial charge in [-0.2, -0.15) is 0 Å². The summed E-state index contributed by atoms with van der Waals surface area (Å²) in [6.07, 6.45) is 2.25. The van der Waals surface area contributed by atoms with Crippen molar-refractivity contribution in [1.29, 1.82) is 0 Å². The first-order chi connectivity index (χ1) is 7.24. The average Bonchev–Trinajstić information content (AvgIpc) is 2.25. The van der Waals surface area contributed by atoms with Gasteiger partial charge in [-0.1, -0.05) is 31.2 Å². The van der Waals surface area contributed by atoms with Crippen molar-refractivity contribution in [2.24, 2.45) is 0 Å². The number of carboxylic acid groups (broad SMARTS) is 1. The fourth-order valence-corrected chi connectivity index (χ4v) is 1.23. The molecule has 15 heavy (non-hydrogen) atoms. The molecular weight excluding hydrogens is 190 g/mol. The Morgan fingerprint density at radius 2 is 2.07 bits per heavy atom. The first-order valence-electron chi connectivity index (χ1n) is 4.95. The molecule has 0 unspecified atom stereocenters. The van der Waals surface area contributed by atoms with Crippen molar-refractivity contribution in [3.8, 4) is 0 Å².